The molecule has 0 radical (unpaired) electrons. The normalized spacial score (nSPS) is 12.7. The summed E-state index contributed by atoms with van der Waals surface area (Å²) >= 11 is 0. The molecule has 0 heterocycles. The predicted octanol–water partition coefficient (Wildman–Crippen LogP) is 15.9. The van der Waals surface area contributed by atoms with E-state index in [0.29, 0.717) is 19.3 Å². The van der Waals surface area contributed by atoms with Gasteiger partial charge in [-0.05, 0) is 109 Å². The molecule has 0 saturated carbocycles. The second-order valence-electron chi connectivity index (χ2n) is 16.0. The van der Waals surface area contributed by atoms with Gasteiger partial charge in [-0.3, -0.25) is 14.4 Å². The highest BCUT2D eigenvalue weighted by molar-refractivity contribution is 5.71. The van der Waals surface area contributed by atoms with Crippen LogP contribution in [0.1, 0.15) is 226 Å². The third-order valence-corrected chi connectivity index (χ3v) is 10.2. The van der Waals surface area contributed by atoms with Gasteiger partial charge in [0.1, 0.15) is 13.2 Å². The molecule has 0 spiro atoms. The highest BCUT2D eigenvalue weighted by Crippen LogP contribution is 2.13. The molecule has 0 aliphatic heterocycles. The Morgan fingerprint density at radius 3 is 1.03 bits per heavy atom. The summed E-state index contributed by atoms with van der Waals surface area (Å²) in [5.74, 6) is -0.980. The topological polar surface area (TPSA) is 78.9 Å². The van der Waals surface area contributed by atoms with Gasteiger partial charge in [-0.1, -0.05) is 171 Å². The third-order valence-electron chi connectivity index (χ3n) is 10.2. The van der Waals surface area contributed by atoms with Crippen LogP contribution in [0.15, 0.2) is 72.9 Å². The molecule has 0 bridgehead atoms. The highest BCUT2D eigenvalue weighted by atomic mass is 16.6. The van der Waals surface area contributed by atoms with Crippen LogP contribution in [0.25, 0.3) is 0 Å². The van der Waals surface area contributed by atoms with Crippen LogP contribution in [0.4, 0.5) is 0 Å². The Balaban J connectivity index is 4.48. The van der Waals surface area contributed by atoms with Crippen molar-refractivity contribution in [2.45, 2.75) is 232 Å². The monoisotopic (exact) mass is 823 g/mol. The third kappa shape index (κ3) is 45.8. The molecule has 6 heteroatoms. The number of unbranched alkanes of at least 4 members (excludes halogenated alkanes) is 20. The van der Waals surface area contributed by atoms with Gasteiger partial charge in [-0.2, -0.15) is 0 Å². The number of rotatable bonds is 43. The van der Waals surface area contributed by atoms with E-state index in [9.17, 15) is 14.4 Å². The van der Waals surface area contributed by atoms with Crippen LogP contribution in [-0.2, 0) is 28.6 Å². The van der Waals surface area contributed by atoms with Crippen LogP contribution < -0.4 is 0 Å². The van der Waals surface area contributed by atoms with Crippen molar-refractivity contribution in [3.8, 4) is 0 Å². The number of hydrogen-bond acceptors (Lipinski definition) is 6. The molecule has 0 aliphatic rings. The number of hydrogen-bond donors (Lipinski definition) is 0. The summed E-state index contributed by atoms with van der Waals surface area (Å²) < 4.78 is 16.7. The van der Waals surface area contributed by atoms with Gasteiger partial charge in [-0.25, -0.2) is 0 Å². The van der Waals surface area contributed by atoms with Crippen LogP contribution in [0.3, 0.4) is 0 Å². The molecule has 0 rings (SSSR count). The summed E-state index contributed by atoms with van der Waals surface area (Å²) in [6, 6.07) is 0. The Morgan fingerprint density at radius 2 is 0.627 bits per heavy atom. The maximum Gasteiger partial charge on any atom is 0.306 e. The Bertz CT molecular complexity index is 1130. The first kappa shape index (κ1) is 55.9. The lowest BCUT2D eigenvalue weighted by Crippen LogP contribution is -2.30. The van der Waals surface area contributed by atoms with E-state index in [1.807, 2.05) is 0 Å². The molecule has 0 fully saturated rings. The summed E-state index contributed by atoms with van der Waals surface area (Å²) in [6.45, 7) is 6.48. The van der Waals surface area contributed by atoms with Crippen molar-refractivity contribution >= 4 is 17.9 Å². The first-order chi connectivity index (χ1) is 29.0. The molecule has 0 N–H and O–H groups in total. The maximum atomic E-state index is 12.7. The molecule has 0 aromatic heterocycles. The van der Waals surface area contributed by atoms with Gasteiger partial charge in [-0.15, -0.1) is 0 Å². The number of allylic oxidation sites excluding steroid dienone is 12. The van der Waals surface area contributed by atoms with Crippen LogP contribution >= 0.6 is 0 Å². The van der Waals surface area contributed by atoms with E-state index in [0.717, 1.165) is 89.9 Å². The van der Waals surface area contributed by atoms with Gasteiger partial charge in [0.15, 0.2) is 6.10 Å². The molecule has 338 valence electrons. The van der Waals surface area contributed by atoms with Crippen molar-refractivity contribution in [3.05, 3.63) is 72.9 Å². The summed E-state index contributed by atoms with van der Waals surface area (Å²) in [6.07, 6.45) is 58.8. The van der Waals surface area contributed by atoms with Crippen molar-refractivity contribution in [1.29, 1.82) is 0 Å². The van der Waals surface area contributed by atoms with Crippen molar-refractivity contribution in [3.63, 3.8) is 0 Å². The molecule has 0 saturated heterocycles. The van der Waals surface area contributed by atoms with Crippen molar-refractivity contribution in [1.82, 2.24) is 0 Å². The zero-order valence-corrected chi connectivity index (χ0v) is 38.5. The average molecular weight is 823 g/mol. The molecular formula is C53H90O6. The largest absolute Gasteiger partial charge is 0.462 e. The SMILES string of the molecule is CCCCC/C=C\C/C=C\C/C=C\C/C=C\CCCC(=O)OC[C@@H](COC(=O)CCCCCCC/C=C\CCCCC)OC(=O)CCCCCCC/C=C\CCCCC. The molecule has 0 unspecified atom stereocenters. The van der Waals surface area contributed by atoms with Crippen LogP contribution in [0.2, 0.25) is 0 Å². The second kappa shape index (κ2) is 47.5. The van der Waals surface area contributed by atoms with Crippen molar-refractivity contribution in [2.75, 3.05) is 13.2 Å². The standard InChI is InChI=1S/C53H90O6/c1-4-7-10-13-16-19-22-25-26-27-28-29-32-34-37-40-43-46-52(55)58-49-50(59-53(56)47-44-41-38-35-31-24-21-18-15-12-9-6-3)48-57-51(54)45-42-39-36-33-30-23-20-17-14-11-8-5-2/h16-21,25-26,28-29,34,37,50H,4-15,22-24,27,30-33,35-36,38-49H2,1-3H3/b19-16-,20-17-,21-18-,26-25-,29-28-,37-34-/t50-/m1/s1. The van der Waals surface area contributed by atoms with Crippen LogP contribution in [-0.4, -0.2) is 37.2 Å². The second-order valence-corrected chi connectivity index (χ2v) is 16.0. The van der Waals surface area contributed by atoms with Gasteiger partial charge < -0.3 is 14.2 Å². The van der Waals surface area contributed by atoms with E-state index in [1.165, 1.54) is 89.9 Å². The molecule has 0 amide bonds. The minimum Gasteiger partial charge on any atom is -0.462 e. The smallest absolute Gasteiger partial charge is 0.306 e. The lowest BCUT2D eigenvalue weighted by Gasteiger charge is -2.18. The summed E-state index contributed by atoms with van der Waals surface area (Å²) in [7, 11) is 0. The Morgan fingerprint density at radius 1 is 0.339 bits per heavy atom. The minimum absolute atomic E-state index is 0.101. The van der Waals surface area contributed by atoms with E-state index in [1.54, 1.807) is 0 Å². The number of carbonyl (C=O) groups excluding carboxylic acids is 3. The molecule has 0 aromatic carbocycles. The molecular weight excluding hydrogens is 733 g/mol. The quantitative estimate of drug-likeness (QED) is 0.0264. The Labute approximate surface area is 363 Å². The van der Waals surface area contributed by atoms with Gasteiger partial charge in [0.2, 0.25) is 0 Å². The lowest BCUT2D eigenvalue weighted by molar-refractivity contribution is -0.167. The predicted molar refractivity (Wildman–Crippen MR) is 251 cm³/mol. The van der Waals surface area contributed by atoms with Gasteiger partial charge in [0, 0.05) is 19.3 Å². The maximum absolute atomic E-state index is 12.7. The number of carbonyl (C=O) groups is 3. The first-order valence-electron chi connectivity index (χ1n) is 24.4. The minimum atomic E-state index is -0.803. The average Bonchev–Trinajstić information content (AvgIpc) is 3.23. The molecule has 1 atom stereocenters. The van der Waals surface area contributed by atoms with E-state index < -0.39 is 6.10 Å². The summed E-state index contributed by atoms with van der Waals surface area (Å²) in [5.41, 5.74) is 0. The van der Waals surface area contributed by atoms with Crippen LogP contribution in [0.5, 0.6) is 0 Å². The fourth-order valence-corrected chi connectivity index (χ4v) is 6.42. The number of ether oxygens (including phenoxy) is 3. The fraction of sp³-hybridized carbons (Fsp3) is 0.717. The van der Waals surface area contributed by atoms with Gasteiger partial charge in [0.25, 0.3) is 0 Å². The zero-order chi connectivity index (χ0) is 43.0. The molecule has 0 aliphatic carbocycles. The summed E-state index contributed by atoms with van der Waals surface area (Å²) in [5, 5.41) is 0. The lowest BCUT2D eigenvalue weighted by atomic mass is 10.1. The Hall–Kier alpha value is -3.15. The van der Waals surface area contributed by atoms with E-state index in [4.69, 9.17) is 14.2 Å². The summed E-state index contributed by atoms with van der Waals surface area (Å²) in [4.78, 5) is 37.8. The highest BCUT2D eigenvalue weighted by Gasteiger charge is 2.19. The molecule has 0 aromatic rings. The van der Waals surface area contributed by atoms with E-state index in [2.05, 4.69) is 93.7 Å². The number of esters is 3. The first-order valence-corrected chi connectivity index (χ1v) is 24.4. The van der Waals surface area contributed by atoms with E-state index in [-0.39, 0.29) is 37.5 Å². The van der Waals surface area contributed by atoms with E-state index >= 15 is 0 Å². The zero-order valence-electron chi connectivity index (χ0n) is 38.5. The van der Waals surface area contributed by atoms with Gasteiger partial charge >= 0.3 is 17.9 Å². The molecule has 6 nitrogen and oxygen atoms in total. The Kier molecular flexibility index (Phi) is 45.0. The van der Waals surface area contributed by atoms with Crippen molar-refractivity contribution in [2.24, 2.45) is 0 Å². The fourth-order valence-electron chi connectivity index (χ4n) is 6.42. The van der Waals surface area contributed by atoms with Crippen molar-refractivity contribution < 1.29 is 28.6 Å². The van der Waals surface area contributed by atoms with Gasteiger partial charge in [0.05, 0.1) is 0 Å². The molecule has 59 heavy (non-hydrogen) atoms. The van der Waals surface area contributed by atoms with Crippen LogP contribution in [0, 0.1) is 0 Å².